The lowest BCUT2D eigenvalue weighted by atomic mass is 9.80. The van der Waals surface area contributed by atoms with Gasteiger partial charge in [0, 0.05) is 18.0 Å². The number of aliphatic hydroxyl groups is 1. The predicted molar refractivity (Wildman–Crippen MR) is 96.0 cm³/mol. The first-order chi connectivity index (χ1) is 12.1. The van der Waals surface area contributed by atoms with Crippen molar-refractivity contribution >= 4 is 5.97 Å². The Hall–Kier alpha value is -1.39. The Morgan fingerprint density at radius 3 is 2.28 bits per heavy atom. The highest BCUT2D eigenvalue weighted by molar-refractivity contribution is 5.81. The molecule has 0 amide bonds. The molecule has 2 heterocycles. The van der Waals surface area contributed by atoms with Crippen LogP contribution in [0.3, 0.4) is 0 Å². The van der Waals surface area contributed by atoms with Crippen molar-refractivity contribution in [2.45, 2.75) is 75.2 Å². The average molecular weight is 343 g/mol. The fourth-order valence-electron chi connectivity index (χ4n) is 5.26. The number of carbonyl (C=O) groups excluding carboxylic acids is 1. The highest BCUT2D eigenvalue weighted by Crippen LogP contribution is 2.43. The quantitative estimate of drug-likeness (QED) is 0.853. The van der Waals surface area contributed by atoms with Crippen molar-refractivity contribution < 1.29 is 14.6 Å². The number of fused-ring (bicyclic) bond motifs is 2. The van der Waals surface area contributed by atoms with Crippen molar-refractivity contribution in [1.29, 1.82) is 0 Å². The molecule has 1 N–H and O–H groups in total. The maximum Gasteiger partial charge on any atom is 0.343 e. The Balaban J connectivity index is 1.54. The van der Waals surface area contributed by atoms with Gasteiger partial charge in [0.2, 0.25) is 0 Å². The Labute approximate surface area is 150 Å². The number of esters is 1. The summed E-state index contributed by atoms with van der Waals surface area (Å²) in [5.74, 6) is -0.468. The maximum absolute atomic E-state index is 13.2. The van der Waals surface area contributed by atoms with Crippen molar-refractivity contribution in [3.63, 3.8) is 0 Å². The van der Waals surface area contributed by atoms with Gasteiger partial charge in [-0.2, -0.15) is 0 Å². The van der Waals surface area contributed by atoms with E-state index in [1.54, 1.807) is 0 Å². The number of hydrogen-bond donors (Lipinski definition) is 1. The zero-order valence-corrected chi connectivity index (χ0v) is 15.1. The fraction of sp³-hybridized carbons (Fsp3) is 0.667. The van der Waals surface area contributed by atoms with Crippen molar-refractivity contribution in [2.24, 2.45) is 5.92 Å². The Morgan fingerprint density at radius 1 is 1.08 bits per heavy atom. The summed E-state index contributed by atoms with van der Waals surface area (Å²) in [7, 11) is 2.18. The molecule has 2 aliphatic heterocycles. The van der Waals surface area contributed by atoms with Crippen LogP contribution in [0.1, 0.15) is 56.9 Å². The van der Waals surface area contributed by atoms with Gasteiger partial charge in [0.25, 0.3) is 0 Å². The minimum atomic E-state index is -1.50. The van der Waals surface area contributed by atoms with E-state index in [1.165, 1.54) is 12.8 Å². The molecule has 3 fully saturated rings. The number of hydrogen-bond acceptors (Lipinski definition) is 4. The van der Waals surface area contributed by atoms with E-state index in [9.17, 15) is 9.90 Å². The first-order valence-corrected chi connectivity index (χ1v) is 9.80. The molecule has 0 aromatic heterocycles. The number of piperidine rings is 1. The maximum atomic E-state index is 13.2. The Bertz CT molecular complexity index is 599. The molecule has 2 unspecified atom stereocenters. The number of ether oxygens (including phenoxy) is 1. The summed E-state index contributed by atoms with van der Waals surface area (Å²) in [6.07, 6.45) is 8.05. The number of benzene rings is 1. The number of carbonyl (C=O) groups is 1. The van der Waals surface area contributed by atoms with Crippen LogP contribution < -0.4 is 0 Å². The second-order valence-corrected chi connectivity index (χ2v) is 8.16. The van der Waals surface area contributed by atoms with Gasteiger partial charge in [-0.25, -0.2) is 4.79 Å². The molecule has 0 radical (unpaired) electrons. The van der Waals surface area contributed by atoms with Gasteiger partial charge >= 0.3 is 5.97 Å². The minimum Gasteiger partial charge on any atom is -0.460 e. The Kier molecular flexibility index (Phi) is 4.59. The van der Waals surface area contributed by atoms with E-state index < -0.39 is 11.6 Å². The van der Waals surface area contributed by atoms with Gasteiger partial charge in [0.1, 0.15) is 6.10 Å². The van der Waals surface area contributed by atoms with Crippen LogP contribution in [0.15, 0.2) is 30.3 Å². The highest BCUT2D eigenvalue weighted by atomic mass is 16.6. The molecule has 4 rings (SSSR count). The number of rotatable bonds is 4. The first kappa shape index (κ1) is 17.0. The molecule has 3 aliphatic rings. The van der Waals surface area contributed by atoms with Crippen LogP contribution in [0, 0.1) is 5.92 Å². The van der Waals surface area contributed by atoms with E-state index in [1.807, 2.05) is 30.3 Å². The molecule has 0 spiro atoms. The van der Waals surface area contributed by atoms with Crippen LogP contribution in [0.25, 0.3) is 0 Å². The van der Waals surface area contributed by atoms with Gasteiger partial charge in [0.05, 0.1) is 0 Å². The van der Waals surface area contributed by atoms with E-state index in [4.69, 9.17) is 4.74 Å². The Morgan fingerprint density at radius 2 is 1.68 bits per heavy atom. The lowest BCUT2D eigenvalue weighted by Gasteiger charge is -2.38. The molecule has 1 aliphatic carbocycles. The standard InChI is InChI=1S/C21H29NO3/c1-22-17-11-12-18(22)14-19(13-17)25-20(23)21(24,16-9-5-6-10-16)15-7-3-2-4-8-15/h2-4,7-8,16-19,24H,5-6,9-14H2,1H3/t17-,18+,19?,21?. The molecule has 1 aromatic carbocycles. The lowest BCUT2D eigenvalue weighted by Crippen LogP contribution is -2.48. The molecule has 4 heteroatoms. The molecule has 25 heavy (non-hydrogen) atoms. The second-order valence-electron chi connectivity index (χ2n) is 8.16. The smallest absolute Gasteiger partial charge is 0.343 e. The molecular weight excluding hydrogens is 314 g/mol. The molecule has 4 nitrogen and oxygen atoms in total. The summed E-state index contributed by atoms with van der Waals surface area (Å²) >= 11 is 0. The zero-order valence-electron chi connectivity index (χ0n) is 15.1. The highest BCUT2D eigenvalue weighted by Gasteiger charge is 2.49. The van der Waals surface area contributed by atoms with E-state index in [0.717, 1.165) is 38.5 Å². The topological polar surface area (TPSA) is 49.8 Å². The summed E-state index contributed by atoms with van der Waals surface area (Å²) < 4.78 is 5.94. The van der Waals surface area contributed by atoms with E-state index in [2.05, 4.69) is 11.9 Å². The fourth-order valence-corrected chi connectivity index (χ4v) is 5.26. The second kappa shape index (κ2) is 6.73. The summed E-state index contributed by atoms with van der Waals surface area (Å²) in [5.41, 5.74) is -0.817. The molecule has 1 saturated carbocycles. The van der Waals surface area contributed by atoms with Crippen molar-refractivity contribution in [2.75, 3.05) is 7.05 Å². The third-order valence-electron chi connectivity index (χ3n) is 6.80. The number of nitrogens with zero attached hydrogens (tertiary/aromatic N) is 1. The third kappa shape index (κ3) is 3.00. The van der Waals surface area contributed by atoms with Gasteiger partial charge < -0.3 is 14.7 Å². The monoisotopic (exact) mass is 343 g/mol. The van der Waals surface area contributed by atoms with Gasteiger partial charge in [-0.15, -0.1) is 0 Å². The van der Waals surface area contributed by atoms with E-state index in [0.29, 0.717) is 17.6 Å². The molecule has 2 saturated heterocycles. The van der Waals surface area contributed by atoms with Crippen LogP contribution in [-0.2, 0) is 15.1 Å². The van der Waals surface area contributed by atoms with Crippen molar-refractivity contribution in [3.05, 3.63) is 35.9 Å². The van der Waals surface area contributed by atoms with Crippen molar-refractivity contribution in [1.82, 2.24) is 4.90 Å². The average Bonchev–Trinajstić information content (AvgIpc) is 3.22. The van der Waals surface area contributed by atoms with Crippen molar-refractivity contribution in [3.8, 4) is 0 Å². The molecular formula is C21H29NO3. The molecule has 4 atom stereocenters. The SMILES string of the molecule is CN1[C@@H]2CC[C@H]1CC(OC(=O)C(O)(c1ccccc1)C1CCCC1)C2. The largest absolute Gasteiger partial charge is 0.460 e. The van der Waals surface area contributed by atoms with Gasteiger partial charge in [-0.1, -0.05) is 43.2 Å². The third-order valence-corrected chi connectivity index (χ3v) is 6.80. The van der Waals surface area contributed by atoms with Crippen LogP contribution in [0.4, 0.5) is 0 Å². The zero-order chi connectivity index (χ0) is 17.4. The summed E-state index contributed by atoms with van der Waals surface area (Å²) in [4.78, 5) is 15.6. The first-order valence-electron chi connectivity index (χ1n) is 9.80. The van der Waals surface area contributed by atoms with Crippen LogP contribution in [0.5, 0.6) is 0 Å². The van der Waals surface area contributed by atoms with Crippen LogP contribution in [-0.4, -0.2) is 41.2 Å². The minimum absolute atomic E-state index is 0.0367. The van der Waals surface area contributed by atoms with Crippen LogP contribution >= 0.6 is 0 Å². The van der Waals surface area contributed by atoms with Crippen LogP contribution in [0.2, 0.25) is 0 Å². The summed E-state index contributed by atoms with van der Waals surface area (Å²) in [6, 6.07) is 10.5. The van der Waals surface area contributed by atoms with Gasteiger partial charge in [0.15, 0.2) is 5.60 Å². The molecule has 136 valence electrons. The van der Waals surface area contributed by atoms with E-state index in [-0.39, 0.29) is 12.0 Å². The normalized spacial score (nSPS) is 32.5. The molecule has 2 bridgehead atoms. The van der Waals surface area contributed by atoms with E-state index >= 15 is 0 Å². The lowest BCUT2D eigenvalue weighted by molar-refractivity contribution is -0.182. The summed E-state index contributed by atoms with van der Waals surface area (Å²) in [6.45, 7) is 0. The van der Waals surface area contributed by atoms with Gasteiger partial charge in [-0.3, -0.25) is 0 Å². The predicted octanol–water partition coefficient (Wildman–Crippen LogP) is 3.23. The molecule has 1 aromatic rings. The summed E-state index contributed by atoms with van der Waals surface area (Å²) in [5, 5.41) is 11.5. The van der Waals surface area contributed by atoms with Gasteiger partial charge in [-0.05, 0) is 51.1 Å².